The van der Waals surface area contributed by atoms with Gasteiger partial charge in [-0.25, -0.2) is 4.99 Å². The number of aliphatic imine (C=N–C) groups is 1. The number of allylic oxidation sites excluding steroid dienone is 1. The summed E-state index contributed by atoms with van der Waals surface area (Å²) in [6, 6.07) is 11.5. The number of carbonyl (C=O) groups is 1. The molecule has 2 aromatic rings. The van der Waals surface area contributed by atoms with Crippen LogP contribution in [0.25, 0.3) is 6.08 Å². The first kappa shape index (κ1) is 25.2. The lowest BCUT2D eigenvalue weighted by Gasteiger charge is -2.18. The molecular weight excluding hydrogens is 431 g/mol. The molecule has 33 heavy (non-hydrogen) atoms. The van der Waals surface area contributed by atoms with E-state index in [9.17, 15) is 23.2 Å². The first-order valence-corrected chi connectivity index (χ1v) is 9.89. The molecule has 1 amide bonds. The van der Waals surface area contributed by atoms with Crippen LogP contribution in [0.2, 0.25) is 0 Å². The monoisotopic (exact) mass is 455 g/mol. The smallest absolute Gasteiger partial charge is 0.369 e. The maximum Gasteiger partial charge on any atom is 0.399 e. The normalized spacial score (nSPS) is 13.2. The molecular formula is C24H24F3N5O. The number of guanidine groups is 1. The van der Waals surface area contributed by atoms with E-state index in [1.807, 2.05) is 12.1 Å². The SMILES string of the molecule is CC(=O)NC(N)=NC=CNc1ccc(/C=C/C(c2cc(C)cc(C)c2)C(F)(F)F)cc1C#N. The molecule has 172 valence electrons. The van der Waals surface area contributed by atoms with Crippen LogP contribution in [0, 0.1) is 25.2 Å². The molecule has 0 bridgehead atoms. The van der Waals surface area contributed by atoms with Crippen LogP contribution in [0.1, 0.15) is 40.7 Å². The van der Waals surface area contributed by atoms with Crippen molar-refractivity contribution in [3.63, 3.8) is 0 Å². The second-order valence-electron chi connectivity index (χ2n) is 7.37. The van der Waals surface area contributed by atoms with Gasteiger partial charge in [0, 0.05) is 19.3 Å². The Hall–Kier alpha value is -4.06. The number of hydrogen-bond acceptors (Lipinski definition) is 4. The predicted molar refractivity (Wildman–Crippen MR) is 123 cm³/mol. The second kappa shape index (κ2) is 11.0. The van der Waals surface area contributed by atoms with E-state index in [0.29, 0.717) is 11.3 Å². The summed E-state index contributed by atoms with van der Waals surface area (Å²) in [5.41, 5.74) is 8.27. The Morgan fingerprint density at radius 3 is 2.42 bits per heavy atom. The molecule has 0 aliphatic rings. The number of carbonyl (C=O) groups excluding carboxylic acids is 1. The minimum absolute atomic E-state index is 0.0930. The standard InChI is InChI=1S/C24H24F3N5O/c1-15-10-16(2)12-19(11-15)21(24(25,26)27)6-4-18-5-7-22(20(13-18)14-28)30-8-9-31-23(29)32-17(3)33/h4-13,21,30H,1-3H3,(H3,29,31,32,33)/b6-4+,9-8?. The number of nitrogens with two attached hydrogens (primary N) is 1. The fourth-order valence-corrected chi connectivity index (χ4v) is 3.15. The number of nitrogens with zero attached hydrogens (tertiary/aromatic N) is 2. The number of rotatable bonds is 6. The maximum absolute atomic E-state index is 13.7. The molecule has 9 heteroatoms. The van der Waals surface area contributed by atoms with E-state index in [-0.39, 0.29) is 23.0 Å². The Morgan fingerprint density at radius 2 is 1.85 bits per heavy atom. The summed E-state index contributed by atoms with van der Waals surface area (Å²) in [5, 5.41) is 14.6. The Balaban J connectivity index is 2.23. The van der Waals surface area contributed by atoms with E-state index in [0.717, 1.165) is 17.2 Å². The van der Waals surface area contributed by atoms with Gasteiger partial charge in [0.1, 0.15) is 6.07 Å². The molecule has 0 aliphatic heterocycles. The highest BCUT2D eigenvalue weighted by Gasteiger charge is 2.39. The average molecular weight is 455 g/mol. The first-order chi connectivity index (χ1) is 15.5. The van der Waals surface area contributed by atoms with Crippen LogP contribution in [0.5, 0.6) is 0 Å². The summed E-state index contributed by atoms with van der Waals surface area (Å²) in [6.07, 6.45) is 0.685. The molecule has 0 heterocycles. The zero-order chi connectivity index (χ0) is 24.6. The Morgan fingerprint density at radius 1 is 1.18 bits per heavy atom. The highest BCUT2D eigenvalue weighted by atomic mass is 19.4. The van der Waals surface area contributed by atoms with Gasteiger partial charge in [0.05, 0.1) is 17.2 Å². The van der Waals surface area contributed by atoms with Crippen LogP contribution < -0.4 is 16.4 Å². The number of hydrogen-bond donors (Lipinski definition) is 3. The molecule has 0 radical (unpaired) electrons. The van der Waals surface area contributed by atoms with Crippen molar-refractivity contribution >= 4 is 23.6 Å². The quantitative estimate of drug-likeness (QED) is 0.427. The van der Waals surface area contributed by atoms with Crippen LogP contribution in [0.15, 0.2) is 59.9 Å². The van der Waals surface area contributed by atoms with Crippen LogP contribution in [-0.2, 0) is 4.79 Å². The number of aryl methyl sites for hydroxylation is 2. The highest BCUT2D eigenvalue weighted by Crippen LogP contribution is 2.37. The van der Waals surface area contributed by atoms with E-state index in [2.05, 4.69) is 15.6 Å². The van der Waals surface area contributed by atoms with Crippen LogP contribution in [-0.4, -0.2) is 18.0 Å². The van der Waals surface area contributed by atoms with Gasteiger partial charge in [-0.3, -0.25) is 10.1 Å². The third-order valence-corrected chi connectivity index (χ3v) is 4.43. The van der Waals surface area contributed by atoms with Gasteiger partial charge < -0.3 is 11.1 Å². The summed E-state index contributed by atoms with van der Waals surface area (Å²) >= 11 is 0. The van der Waals surface area contributed by atoms with Gasteiger partial charge >= 0.3 is 6.18 Å². The number of amides is 1. The van der Waals surface area contributed by atoms with E-state index in [1.165, 1.54) is 43.6 Å². The third-order valence-electron chi connectivity index (χ3n) is 4.43. The zero-order valence-electron chi connectivity index (χ0n) is 18.4. The number of halogens is 3. The van der Waals surface area contributed by atoms with Gasteiger partial charge in [-0.2, -0.15) is 18.4 Å². The van der Waals surface area contributed by atoms with Crippen molar-refractivity contribution in [3.05, 3.63) is 82.7 Å². The lowest BCUT2D eigenvalue weighted by atomic mass is 9.94. The maximum atomic E-state index is 13.7. The lowest BCUT2D eigenvalue weighted by Crippen LogP contribution is -2.34. The molecule has 1 unspecified atom stereocenters. The molecule has 0 aromatic heterocycles. The molecule has 0 aliphatic carbocycles. The molecule has 0 spiro atoms. The molecule has 0 saturated carbocycles. The molecule has 2 aromatic carbocycles. The molecule has 2 rings (SSSR count). The zero-order valence-corrected chi connectivity index (χ0v) is 18.4. The minimum Gasteiger partial charge on any atom is -0.369 e. The van der Waals surface area contributed by atoms with Gasteiger partial charge in [0.15, 0.2) is 5.96 Å². The van der Waals surface area contributed by atoms with Crippen LogP contribution in [0.4, 0.5) is 18.9 Å². The topological polar surface area (TPSA) is 103 Å². The number of nitriles is 1. The molecule has 0 fully saturated rings. The summed E-state index contributed by atoms with van der Waals surface area (Å²) in [4.78, 5) is 14.7. The van der Waals surface area contributed by atoms with Crippen molar-refractivity contribution in [2.45, 2.75) is 32.9 Å². The number of anilines is 1. The first-order valence-electron chi connectivity index (χ1n) is 9.89. The van der Waals surface area contributed by atoms with Gasteiger partial charge in [-0.1, -0.05) is 47.5 Å². The van der Waals surface area contributed by atoms with Gasteiger partial charge in [0.25, 0.3) is 0 Å². The largest absolute Gasteiger partial charge is 0.399 e. The van der Waals surface area contributed by atoms with Crippen molar-refractivity contribution in [1.29, 1.82) is 5.26 Å². The fourth-order valence-electron chi connectivity index (χ4n) is 3.15. The van der Waals surface area contributed by atoms with Crippen LogP contribution in [0.3, 0.4) is 0 Å². The molecule has 6 nitrogen and oxygen atoms in total. The van der Waals surface area contributed by atoms with Crippen molar-refractivity contribution in [1.82, 2.24) is 5.32 Å². The summed E-state index contributed by atoms with van der Waals surface area (Å²) in [6.45, 7) is 4.80. The second-order valence-corrected chi connectivity index (χ2v) is 7.37. The van der Waals surface area contributed by atoms with E-state index < -0.39 is 12.1 Å². The van der Waals surface area contributed by atoms with Crippen molar-refractivity contribution in [3.8, 4) is 6.07 Å². The van der Waals surface area contributed by atoms with E-state index >= 15 is 0 Å². The minimum atomic E-state index is -4.46. The number of alkyl halides is 3. The van der Waals surface area contributed by atoms with Gasteiger partial charge in [-0.05, 0) is 37.1 Å². The number of benzene rings is 2. The summed E-state index contributed by atoms with van der Waals surface area (Å²) in [5.74, 6) is -2.22. The summed E-state index contributed by atoms with van der Waals surface area (Å²) < 4.78 is 41.2. The van der Waals surface area contributed by atoms with Crippen molar-refractivity contribution in [2.75, 3.05) is 5.32 Å². The van der Waals surface area contributed by atoms with Gasteiger partial charge in [-0.15, -0.1) is 0 Å². The van der Waals surface area contributed by atoms with Gasteiger partial charge in [0.2, 0.25) is 5.91 Å². The lowest BCUT2D eigenvalue weighted by molar-refractivity contribution is -0.139. The van der Waals surface area contributed by atoms with Crippen molar-refractivity contribution in [2.24, 2.45) is 10.7 Å². The summed E-state index contributed by atoms with van der Waals surface area (Å²) in [7, 11) is 0. The van der Waals surface area contributed by atoms with E-state index in [1.54, 1.807) is 26.0 Å². The molecule has 4 N–H and O–H groups in total. The van der Waals surface area contributed by atoms with Crippen molar-refractivity contribution < 1.29 is 18.0 Å². The average Bonchev–Trinajstić information content (AvgIpc) is 2.69. The highest BCUT2D eigenvalue weighted by molar-refractivity contribution is 5.95. The molecule has 1 atom stereocenters. The third kappa shape index (κ3) is 7.85. The Labute approximate surface area is 190 Å². The number of nitrogens with one attached hydrogen (secondary N) is 2. The fraction of sp³-hybridized carbons (Fsp3) is 0.208. The van der Waals surface area contributed by atoms with Crippen LogP contribution >= 0.6 is 0 Å². The molecule has 0 saturated heterocycles. The Kier molecular flexibility index (Phi) is 8.40. The Bertz CT molecular complexity index is 1120. The predicted octanol–water partition coefficient (Wildman–Crippen LogP) is 4.87. The van der Waals surface area contributed by atoms with E-state index in [4.69, 9.17) is 5.73 Å².